The quantitative estimate of drug-likeness (QED) is 0.857. The molecule has 1 saturated heterocycles. The molecule has 0 saturated carbocycles. The van der Waals surface area contributed by atoms with E-state index in [1.807, 2.05) is 6.92 Å². The van der Waals surface area contributed by atoms with E-state index < -0.39 is 15.6 Å². The van der Waals surface area contributed by atoms with Crippen molar-refractivity contribution in [1.29, 1.82) is 0 Å². The number of anilines is 1. The van der Waals surface area contributed by atoms with Crippen molar-refractivity contribution >= 4 is 27.4 Å². The molecule has 2 N–H and O–H groups in total. The lowest BCUT2D eigenvalue weighted by molar-refractivity contribution is 0.0762. The van der Waals surface area contributed by atoms with Crippen LogP contribution >= 0.6 is 11.6 Å². The van der Waals surface area contributed by atoms with Crippen LogP contribution in [0.3, 0.4) is 0 Å². The molecule has 0 radical (unpaired) electrons. The summed E-state index contributed by atoms with van der Waals surface area (Å²) >= 11 is 6.08. The zero-order valence-electron chi connectivity index (χ0n) is 12.1. The summed E-state index contributed by atoms with van der Waals surface area (Å²) in [6.07, 6.45) is 2.64. The van der Waals surface area contributed by atoms with E-state index in [1.54, 1.807) is 6.92 Å². The highest BCUT2D eigenvalue weighted by molar-refractivity contribution is 7.89. The van der Waals surface area contributed by atoms with Gasteiger partial charge in [0.1, 0.15) is 10.7 Å². The number of pyridine rings is 1. The number of rotatable bonds is 5. The van der Waals surface area contributed by atoms with Crippen molar-refractivity contribution in [2.75, 3.05) is 25.0 Å². The highest BCUT2D eigenvalue weighted by Gasteiger charge is 2.38. The summed E-state index contributed by atoms with van der Waals surface area (Å²) in [5.74, 6) is 0.478. The van der Waals surface area contributed by atoms with E-state index in [4.69, 9.17) is 11.6 Å². The van der Waals surface area contributed by atoms with E-state index in [0.29, 0.717) is 25.3 Å². The number of aromatic nitrogens is 1. The third-order valence-electron chi connectivity index (χ3n) is 3.41. The molecule has 8 heteroatoms. The molecule has 1 unspecified atom stereocenters. The van der Waals surface area contributed by atoms with Gasteiger partial charge in [0, 0.05) is 25.8 Å². The summed E-state index contributed by atoms with van der Waals surface area (Å²) in [5.41, 5.74) is -0.979. The van der Waals surface area contributed by atoms with E-state index in [-0.39, 0.29) is 16.5 Å². The summed E-state index contributed by atoms with van der Waals surface area (Å²) in [5, 5.41) is 13.2. The summed E-state index contributed by atoms with van der Waals surface area (Å²) < 4.78 is 26.3. The number of hydrogen-bond acceptors (Lipinski definition) is 5. The van der Waals surface area contributed by atoms with Crippen molar-refractivity contribution in [3.05, 3.63) is 17.3 Å². The van der Waals surface area contributed by atoms with Crippen LogP contribution in [0.4, 0.5) is 5.82 Å². The van der Waals surface area contributed by atoms with Crippen molar-refractivity contribution in [3.63, 3.8) is 0 Å². The molecule has 1 atom stereocenters. The van der Waals surface area contributed by atoms with E-state index in [9.17, 15) is 13.5 Å². The molecule has 1 aromatic heterocycles. The Morgan fingerprint density at radius 1 is 1.57 bits per heavy atom. The first kappa shape index (κ1) is 16.5. The Bertz CT molecular complexity index is 619. The van der Waals surface area contributed by atoms with Crippen LogP contribution in [-0.4, -0.2) is 48.0 Å². The Morgan fingerprint density at radius 3 is 2.81 bits per heavy atom. The Balaban J connectivity index is 2.23. The predicted molar refractivity (Wildman–Crippen MR) is 82.0 cm³/mol. The molecule has 21 heavy (non-hydrogen) atoms. The number of sulfonamides is 1. The van der Waals surface area contributed by atoms with Crippen LogP contribution in [0.15, 0.2) is 17.2 Å². The fourth-order valence-corrected chi connectivity index (χ4v) is 4.02. The molecule has 1 aliphatic rings. The fourth-order valence-electron chi connectivity index (χ4n) is 2.19. The molecule has 2 rings (SSSR count). The smallest absolute Gasteiger partial charge is 0.244 e. The zero-order chi connectivity index (χ0) is 15.7. The maximum Gasteiger partial charge on any atom is 0.244 e. The van der Waals surface area contributed by atoms with Crippen LogP contribution in [0.2, 0.25) is 5.02 Å². The Kier molecular flexibility index (Phi) is 4.77. The van der Waals surface area contributed by atoms with Gasteiger partial charge < -0.3 is 10.4 Å². The number of aliphatic hydroxyl groups is 1. The lowest BCUT2D eigenvalue weighted by atomic mass is 10.1. The minimum atomic E-state index is -3.67. The average Bonchev–Trinajstić information content (AvgIpc) is 2.78. The monoisotopic (exact) mass is 333 g/mol. The van der Waals surface area contributed by atoms with E-state index in [2.05, 4.69) is 10.3 Å². The first-order valence-electron chi connectivity index (χ1n) is 6.88. The van der Waals surface area contributed by atoms with Gasteiger partial charge in [-0.05, 0) is 25.8 Å². The molecule has 0 amide bonds. The first-order valence-corrected chi connectivity index (χ1v) is 8.70. The second-order valence-electron chi connectivity index (χ2n) is 5.51. The maximum absolute atomic E-state index is 12.5. The summed E-state index contributed by atoms with van der Waals surface area (Å²) in [7, 11) is -3.67. The van der Waals surface area contributed by atoms with Crippen molar-refractivity contribution < 1.29 is 13.5 Å². The largest absolute Gasteiger partial charge is 0.389 e. The fraction of sp³-hybridized carbons (Fsp3) is 0.615. The minimum Gasteiger partial charge on any atom is -0.389 e. The zero-order valence-corrected chi connectivity index (χ0v) is 13.7. The Morgan fingerprint density at radius 2 is 2.29 bits per heavy atom. The van der Waals surface area contributed by atoms with Crippen LogP contribution in [-0.2, 0) is 10.0 Å². The van der Waals surface area contributed by atoms with Crippen molar-refractivity contribution in [3.8, 4) is 0 Å². The number of hydrogen-bond donors (Lipinski definition) is 2. The van der Waals surface area contributed by atoms with E-state index in [0.717, 1.165) is 6.42 Å². The van der Waals surface area contributed by atoms with Gasteiger partial charge in [0.15, 0.2) is 0 Å². The predicted octanol–water partition coefficient (Wildman–Crippen LogP) is 1.70. The summed E-state index contributed by atoms with van der Waals surface area (Å²) in [6.45, 7) is 4.74. The molecular weight excluding hydrogens is 314 g/mol. The molecule has 1 aliphatic heterocycles. The van der Waals surface area contributed by atoms with Crippen LogP contribution in [0.5, 0.6) is 0 Å². The molecule has 2 heterocycles. The minimum absolute atomic E-state index is 0.0484. The topological polar surface area (TPSA) is 82.5 Å². The third kappa shape index (κ3) is 3.66. The second-order valence-corrected chi connectivity index (χ2v) is 7.86. The van der Waals surface area contributed by atoms with Crippen LogP contribution < -0.4 is 5.32 Å². The molecule has 1 aromatic rings. The average molecular weight is 334 g/mol. The number of nitrogens with zero attached hydrogens (tertiary/aromatic N) is 2. The molecule has 0 spiro atoms. The summed E-state index contributed by atoms with van der Waals surface area (Å²) in [6, 6.07) is 1.40. The molecule has 6 nitrogen and oxygen atoms in total. The van der Waals surface area contributed by atoms with Crippen molar-refractivity contribution in [1.82, 2.24) is 9.29 Å². The lowest BCUT2D eigenvalue weighted by Gasteiger charge is -2.19. The van der Waals surface area contributed by atoms with Crippen molar-refractivity contribution in [2.45, 2.75) is 37.2 Å². The number of β-amino-alcohol motifs (C(OH)–C–C–N with tert-alkyl or cyclic N) is 1. The van der Waals surface area contributed by atoms with E-state index >= 15 is 0 Å². The molecule has 0 aliphatic carbocycles. The van der Waals surface area contributed by atoms with Gasteiger partial charge in [0.05, 0.1) is 10.6 Å². The molecule has 1 fully saturated rings. The molecular formula is C13H20ClN3O3S. The van der Waals surface area contributed by atoms with Gasteiger partial charge in [-0.25, -0.2) is 13.4 Å². The van der Waals surface area contributed by atoms with E-state index in [1.165, 1.54) is 16.6 Å². The molecule has 0 aromatic carbocycles. The van der Waals surface area contributed by atoms with Crippen LogP contribution in [0.1, 0.15) is 26.7 Å². The first-order chi connectivity index (χ1) is 9.76. The molecule has 118 valence electrons. The van der Waals surface area contributed by atoms with Gasteiger partial charge in [-0.1, -0.05) is 18.5 Å². The SMILES string of the molecule is CCCNc1ncc(S(=O)(=O)N2CCC(C)(O)C2)cc1Cl. The maximum atomic E-state index is 12.5. The van der Waals surface area contributed by atoms with Gasteiger partial charge in [-0.15, -0.1) is 0 Å². The van der Waals surface area contributed by atoms with Gasteiger partial charge in [0.2, 0.25) is 10.0 Å². The highest BCUT2D eigenvalue weighted by Crippen LogP contribution is 2.29. The highest BCUT2D eigenvalue weighted by atomic mass is 35.5. The third-order valence-corrected chi connectivity index (χ3v) is 5.51. The standard InChI is InChI=1S/C13H20ClN3O3S/c1-3-5-15-12-11(14)7-10(8-16-12)21(19,20)17-6-4-13(2,18)9-17/h7-8,18H,3-6,9H2,1-2H3,(H,15,16). The van der Waals surface area contributed by atoms with Crippen LogP contribution in [0.25, 0.3) is 0 Å². The molecule has 0 bridgehead atoms. The van der Waals surface area contributed by atoms with Gasteiger partial charge >= 0.3 is 0 Å². The van der Waals surface area contributed by atoms with Gasteiger partial charge in [-0.2, -0.15) is 4.31 Å². The van der Waals surface area contributed by atoms with Gasteiger partial charge in [0.25, 0.3) is 0 Å². The Hall–Kier alpha value is -0.890. The number of nitrogens with one attached hydrogen (secondary N) is 1. The van der Waals surface area contributed by atoms with Gasteiger partial charge in [-0.3, -0.25) is 0 Å². The lowest BCUT2D eigenvalue weighted by Crippen LogP contribution is -2.34. The summed E-state index contributed by atoms with van der Waals surface area (Å²) in [4.78, 5) is 4.13. The normalized spacial score (nSPS) is 23.4. The second kappa shape index (κ2) is 6.08. The van der Waals surface area contributed by atoms with Crippen molar-refractivity contribution in [2.24, 2.45) is 0 Å². The Labute approximate surface area is 130 Å². The van der Waals surface area contributed by atoms with Crippen LogP contribution in [0, 0.1) is 0 Å². The number of halogens is 1.